The van der Waals surface area contributed by atoms with E-state index >= 15 is 0 Å². The van der Waals surface area contributed by atoms with E-state index in [2.05, 4.69) is 50.6 Å². The Bertz CT molecular complexity index is 1170. The maximum atomic E-state index is 10.6. The number of rotatable bonds is 3. The molecule has 0 bridgehead atoms. The lowest BCUT2D eigenvalue weighted by molar-refractivity contribution is 0.136. The molecule has 0 amide bonds. The first kappa shape index (κ1) is 17.2. The first-order chi connectivity index (χ1) is 14.3. The van der Waals surface area contributed by atoms with E-state index in [1.165, 1.54) is 24.0 Å². The molecule has 2 atom stereocenters. The first-order valence-corrected chi connectivity index (χ1v) is 10.7. The van der Waals surface area contributed by atoms with E-state index in [-0.39, 0.29) is 6.10 Å². The number of hydrogen-bond donors (Lipinski definition) is 2. The van der Waals surface area contributed by atoms with Crippen molar-refractivity contribution >= 4 is 16.6 Å². The van der Waals surface area contributed by atoms with E-state index in [0.29, 0.717) is 17.8 Å². The molecule has 0 aliphatic heterocycles. The fourth-order valence-corrected chi connectivity index (χ4v) is 5.67. The number of nitrogens with one attached hydrogen (secondary N) is 1. The van der Waals surface area contributed by atoms with Gasteiger partial charge in [0.15, 0.2) is 0 Å². The molecule has 0 spiro atoms. The first-order valence-electron chi connectivity index (χ1n) is 10.7. The van der Waals surface area contributed by atoms with Crippen LogP contribution < -0.4 is 0 Å². The zero-order valence-electron chi connectivity index (χ0n) is 16.3. The van der Waals surface area contributed by atoms with Gasteiger partial charge in [0.2, 0.25) is 0 Å². The van der Waals surface area contributed by atoms with Crippen molar-refractivity contribution in [1.82, 2.24) is 24.8 Å². The minimum Gasteiger partial charge on any atom is -0.392 e. The standard InChI is InChI=1S/C23H25N5O/c29-20-12-16-3-1-2-4-17(16)19(20)11-14-5-7-15(8-6-14)21-22-18-9-10-24-23(18)25-13-28(22)27-26-21/h1-4,9-10,13-15,19-20,24,29H,5-8,11-12H2/t14?,15?,19-,20+/m0/s1. The maximum Gasteiger partial charge on any atom is 0.141 e. The molecule has 3 heterocycles. The number of benzene rings is 1. The summed E-state index contributed by atoms with van der Waals surface area (Å²) in [6.07, 6.45) is 10.0. The molecule has 3 aromatic heterocycles. The SMILES string of the molecule is O[C@@H]1Cc2ccccc2[C@@H]1CC1CCC(c2nnn3cnc4[nH]ccc4c23)CC1. The van der Waals surface area contributed by atoms with Gasteiger partial charge in [0.25, 0.3) is 0 Å². The summed E-state index contributed by atoms with van der Waals surface area (Å²) in [5.74, 6) is 1.42. The van der Waals surface area contributed by atoms with Gasteiger partial charge in [-0.05, 0) is 61.6 Å². The van der Waals surface area contributed by atoms with E-state index in [1.807, 2.05) is 10.7 Å². The van der Waals surface area contributed by atoms with E-state index < -0.39 is 0 Å². The third-order valence-corrected chi connectivity index (χ3v) is 7.17. The smallest absolute Gasteiger partial charge is 0.141 e. The van der Waals surface area contributed by atoms with Crippen LogP contribution in [-0.4, -0.2) is 36.0 Å². The fraction of sp³-hybridized carbons (Fsp3) is 0.435. The summed E-state index contributed by atoms with van der Waals surface area (Å²) in [4.78, 5) is 7.59. The Morgan fingerprint density at radius 2 is 1.97 bits per heavy atom. The Labute approximate surface area is 169 Å². The molecule has 0 unspecified atom stereocenters. The lowest BCUT2D eigenvalue weighted by Gasteiger charge is -2.30. The second-order valence-electron chi connectivity index (χ2n) is 8.78. The van der Waals surface area contributed by atoms with Crippen molar-refractivity contribution in [3.8, 4) is 0 Å². The average molecular weight is 387 g/mol. The summed E-state index contributed by atoms with van der Waals surface area (Å²) < 4.78 is 1.81. The molecule has 6 nitrogen and oxygen atoms in total. The van der Waals surface area contributed by atoms with Gasteiger partial charge in [-0.25, -0.2) is 9.50 Å². The number of nitrogens with zero attached hydrogens (tertiary/aromatic N) is 4. The molecule has 148 valence electrons. The Morgan fingerprint density at radius 1 is 1.10 bits per heavy atom. The van der Waals surface area contributed by atoms with E-state index in [4.69, 9.17) is 0 Å². The molecule has 2 N–H and O–H groups in total. The van der Waals surface area contributed by atoms with Crippen LogP contribution in [0.5, 0.6) is 0 Å². The lowest BCUT2D eigenvalue weighted by atomic mass is 9.75. The molecule has 0 saturated heterocycles. The third-order valence-electron chi connectivity index (χ3n) is 7.17. The van der Waals surface area contributed by atoms with Crippen LogP contribution in [0.4, 0.5) is 0 Å². The fourth-order valence-electron chi connectivity index (χ4n) is 5.67. The zero-order valence-corrected chi connectivity index (χ0v) is 16.3. The van der Waals surface area contributed by atoms with Crippen molar-refractivity contribution in [2.24, 2.45) is 5.92 Å². The molecule has 1 fully saturated rings. The van der Waals surface area contributed by atoms with Gasteiger partial charge in [0.1, 0.15) is 17.5 Å². The highest BCUT2D eigenvalue weighted by Gasteiger charge is 2.34. The van der Waals surface area contributed by atoms with E-state index in [9.17, 15) is 5.11 Å². The topological polar surface area (TPSA) is 79.1 Å². The van der Waals surface area contributed by atoms with Crippen LogP contribution in [0.3, 0.4) is 0 Å². The predicted molar refractivity (Wildman–Crippen MR) is 111 cm³/mol. The summed E-state index contributed by atoms with van der Waals surface area (Å²) in [6, 6.07) is 10.6. The molecule has 6 rings (SSSR count). The second kappa shape index (κ2) is 6.66. The van der Waals surface area contributed by atoms with Gasteiger partial charge in [0.05, 0.1) is 11.8 Å². The number of fused-ring (bicyclic) bond motifs is 4. The highest BCUT2D eigenvalue weighted by atomic mass is 16.3. The number of aliphatic hydroxyl groups is 1. The van der Waals surface area contributed by atoms with Crippen LogP contribution in [0.2, 0.25) is 0 Å². The van der Waals surface area contributed by atoms with Crippen LogP contribution in [0, 0.1) is 5.92 Å². The van der Waals surface area contributed by atoms with Crippen molar-refractivity contribution in [1.29, 1.82) is 0 Å². The van der Waals surface area contributed by atoms with Gasteiger partial charge in [-0.2, -0.15) is 0 Å². The molecule has 6 heteroatoms. The highest BCUT2D eigenvalue weighted by molar-refractivity contribution is 5.92. The Kier molecular flexibility index (Phi) is 3.94. The normalized spacial score (nSPS) is 26.9. The minimum absolute atomic E-state index is 0.221. The van der Waals surface area contributed by atoms with E-state index in [0.717, 1.165) is 47.9 Å². The molecule has 2 aliphatic rings. The summed E-state index contributed by atoms with van der Waals surface area (Å²) >= 11 is 0. The van der Waals surface area contributed by atoms with Gasteiger partial charge in [-0.1, -0.05) is 29.5 Å². The summed E-state index contributed by atoms with van der Waals surface area (Å²) in [5.41, 5.74) is 5.80. The van der Waals surface area contributed by atoms with Gasteiger partial charge in [-0.15, -0.1) is 5.10 Å². The number of hydrogen-bond acceptors (Lipinski definition) is 4. The maximum absolute atomic E-state index is 10.6. The van der Waals surface area contributed by atoms with Crippen molar-refractivity contribution in [3.05, 3.63) is 59.7 Å². The summed E-state index contributed by atoms with van der Waals surface area (Å²) in [6.45, 7) is 0. The zero-order chi connectivity index (χ0) is 19.4. The van der Waals surface area contributed by atoms with Crippen LogP contribution in [0.1, 0.15) is 60.8 Å². The molecule has 1 saturated carbocycles. The van der Waals surface area contributed by atoms with Crippen molar-refractivity contribution in [2.45, 2.75) is 56.5 Å². The number of aromatic amines is 1. The van der Waals surface area contributed by atoms with Crippen LogP contribution >= 0.6 is 0 Å². The Morgan fingerprint density at radius 3 is 2.86 bits per heavy atom. The molecule has 4 aromatic rings. The van der Waals surface area contributed by atoms with Crippen molar-refractivity contribution in [3.63, 3.8) is 0 Å². The van der Waals surface area contributed by atoms with Gasteiger partial charge in [0, 0.05) is 23.4 Å². The third kappa shape index (κ3) is 2.77. The largest absolute Gasteiger partial charge is 0.392 e. The predicted octanol–water partition coefficient (Wildman–Crippen LogP) is 3.97. The van der Waals surface area contributed by atoms with Crippen LogP contribution in [-0.2, 0) is 6.42 Å². The molecular weight excluding hydrogens is 362 g/mol. The van der Waals surface area contributed by atoms with Crippen molar-refractivity contribution in [2.75, 3.05) is 0 Å². The van der Waals surface area contributed by atoms with Gasteiger partial charge < -0.3 is 10.1 Å². The molecular formula is C23H25N5O. The number of H-pyrrole nitrogens is 1. The molecule has 2 aliphatic carbocycles. The number of aliphatic hydroxyl groups excluding tert-OH is 1. The molecule has 0 radical (unpaired) electrons. The quantitative estimate of drug-likeness (QED) is 0.557. The lowest BCUT2D eigenvalue weighted by Crippen LogP contribution is -2.20. The monoisotopic (exact) mass is 387 g/mol. The highest BCUT2D eigenvalue weighted by Crippen LogP contribution is 2.44. The number of aromatic nitrogens is 5. The van der Waals surface area contributed by atoms with Gasteiger partial charge in [-0.3, -0.25) is 0 Å². The Hall–Kier alpha value is -2.73. The van der Waals surface area contributed by atoms with Crippen LogP contribution in [0.15, 0.2) is 42.9 Å². The second-order valence-corrected chi connectivity index (χ2v) is 8.78. The molecule has 1 aromatic carbocycles. The minimum atomic E-state index is -0.221. The molecule has 29 heavy (non-hydrogen) atoms. The Balaban J connectivity index is 1.20. The summed E-state index contributed by atoms with van der Waals surface area (Å²) in [5, 5.41) is 20.6. The van der Waals surface area contributed by atoms with Crippen LogP contribution in [0.25, 0.3) is 16.6 Å². The summed E-state index contributed by atoms with van der Waals surface area (Å²) in [7, 11) is 0. The average Bonchev–Trinajstić information content (AvgIpc) is 3.45. The van der Waals surface area contributed by atoms with Gasteiger partial charge >= 0.3 is 0 Å². The van der Waals surface area contributed by atoms with E-state index in [1.54, 1.807) is 6.33 Å². The van der Waals surface area contributed by atoms with Crippen molar-refractivity contribution < 1.29 is 5.11 Å².